The number of aromatic nitrogens is 3. The van der Waals surface area contributed by atoms with Crippen LogP contribution in [-0.4, -0.2) is 60.0 Å². The van der Waals surface area contributed by atoms with Crippen LogP contribution in [-0.2, 0) is 21.2 Å². The smallest absolute Gasteiger partial charge is 0.243 e. The number of pyridine rings is 1. The fourth-order valence-corrected chi connectivity index (χ4v) is 5.43. The molecular weight excluding hydrogens is 442 g/mol. The lowest BCUT2D eigenvalue weighted by atomic mass is 10.0. The van der Waals surface area contributed by atoms with Gasteiger partial charge in [-0.2, -0.15) is 4.31 Å². The molecule has 170 valence electrons. The normalized spacial score (nSPS) is 16.7. The van der Waals surface area contributed by atoms with Crippen LogP contribution >= 0.6 is 0 Å². The van der Waals surface area contributed by atoms with Gasteiger partial charge in [0, 0.05) is 44.5 Å². The zero-order valence-electron chi connectivity index (χ0n) is 17.8. The highest BCUT2D eigenvalue weighted by molar-refractivity contribution is 7.89. The van der Waals surface area contributed by atoms with Crippen molar-refractivity contribution in [3.63, 3.8) is 0 Å². The zero-order chi connectivity index (χ0) is 22.8. The number of hydrogen-bond acceptors (Lipinski definition) is 8. The molecule has 33 heavy (non-hydrogen) atoms. The van der Waals surface area contributed by atoms with Gasteiger partial charge in [0.05, 0.1) is 4.90 Å². The number of rotatable bonds is 5. The molecule has 0 unspecified atom stereocenters. The first-order valence-electron chi connectivity index (χ1n) is 10.7. The summed E-state index contributed by atoms with van der Waals surface area (Å²) in [6.07, 6.45) is 2.61. The number of anilines is 4. The van der Waals surface area contributed by atoms with Gasteiger partial charge in [-0.1, -0.05) is 6.07 Å². The number of benzene rings is 1. The van der Waals surface area contributed by atoms with Crippen molar-refractivity contribution >= 4 is 39.1 Å². The Morgan fingerprint density at radius 3 is 2.48 bits per heavy atom. The topological polar surface area (TPSA) is 120 Å². The highest BCUT2D eigenvalue weighted by Crippen LogP contribution is 2.28. The predicted octanol–water partition coefficient (Wildman–Crippen LogP) is 2.01. The van der Waals surface area contributed by atoms with Crippen molar-refractivity contribution in [3.05, 3.63) is 60.3 Å². The van der Waals surface area contributed by atoms with Gasteiger partial charge in [0.2, 0.25) is 15.9 Å². The highest BCUT2D eigenvalue weighted by atomic mass is 32.2. The third-order valence-electron chi connectivity index (χ3n) is 5.74. The number of amides is 1. The summed E-state index contributed by atoms with van der Waals surface area (Å²) in [5.74, 6) is 1.92. The highest BCUT2D eigenvalue weighted by Gasteiger charge is 2.30. The van der Waals surface area contributed by atoms with E-state index in [-0.39, 0.29) is 10.8 Å². The molecule has 0 bridgehead atoms. The molecule has 1 aromatic carbocycles. The van der Waals surface area contributed by atoms with E-state index in [1.807, 2.05) is 35.2 Å². The van der Waals surface area contributed by atoms with Crippen molar-refractivity contribution in [2.75, 3.05) is 41.7 Å². The fourth-order valence-electron chi connectivity index (χ4n) is 3.96. The van der Waals surface area contributed by atoms with Gasteiger partial charge >= 0.3 is 0 Å². The second kappa shape index (κ2) is 8.75. The summed E-state index contributed by atoms with van der Waals surface area (Å²) < 4.78 is 27.9. The first kappa shape index (κ1) is 21.3. The minimum absolute atomic E-state index is 0.0436. The van der Waals surface area contributed by atoms with E-state index >= 15 is 0 Å². The molecule has 0 radical (unpaired) electrons. The van der Waals surface area contributed by atoms with E-state index < -0.39 is 10.0 Å². The number of fused-ring (bicyclic) bond motifs is 1. The summed E-state index contributed by atoms with van der Waals surface area (Å²) >= 11 is 0. The lowest BCUT2D eigenvalue weighted by molar-refractivity contribution is -0.116. The molecule has 1 amide bonds. The van der Waals surface area contributed by atoms with E-state index in [2.05, 4.69) is 25.8 Å². The molecule has 11 heteroatoms. The van der Waals surface area contributed by atoms with Crippen LogP contribution in [0.1, 0.15) is 12.0 Å². The van der Waals surface area contributed by atoms with Gasteiger partial charge in [-0.25, -0.2) is 13.4 Å². The SMILES string of the molecule is O=C1CCc2cc(S(=O)(=O)N3CCN(c4ccc(Nc5ccccn5)nn4)CC3)ccc2N1. The molecule has 4 heterocycles. The van der Waals surface area contributed by atoms with E-state index in [0.29, 0.717) is 62.2 Å². The zero-order valence-corrected chi connectivity index (χ0v) is 18.6. The van der Waals surface area contributed by atoms with E-state index in [9.17, 15) is 13.2 Å². The van der Waals surface area contributed by atoms with Crippen LogP contribution in [0.2, 0.25) is 0 Å². The predicted molar refractivity (Wildman–Crippen MR) is 124 cm³/mol. The maximum Gasteiger partial charge on any atom is 0.243 e. The number of carbonyl (C=O) groups is 1. The number of aryl methyl sites for hydroxylation is 1. The number of nitrogens with one attached hydrogen (secondary N) is 2. The van der Waals surface area contributed by atoms with Crippen molar-refractivity contribution in [2.24, 2.45) is 0 Å². The van der Waals surface area contributed by atoms with Gasteiger partial charge in [0.1, 0.15) is 5.82 Å². The first-order valence-corrected chi connectivity index (χ1v) is 12.1. The van der Waals surface area contributed by atoms with Crippen LogP contribution in [0.5, 0.6) is 0 Å². The van der Waals surface area contributed by atoms with Gasteiger partial charge in [0.25, 0.3) is 0 Å². The van der Waals surface area contributed by atoms with Gasteiger partial charge in [-0.3, -0.25) is 4.79 Å². The average Bonchev–Trinajstić information content (AvgIpc) is 2.85. The number of nitrogens with zero attached hydrogens (tertiary/aromatic N) is 5. The number of piperazine rings is 1. The Morgan fingerprint density at radius 2 is 1.76 bits per heavy atom. The van der Waals surface area contributed by atoms with Crippen LogP contribution in [0.25, 0.3) is 0 Å². The molecule has 5 rings (SSSR count). The summed E-state index contributed by atoms with van der Waals surface area (Å²) in [5, 5.41) is 14.4. The Bertz CT molecular complexity index is 1260. The summed E-state index contributed by atoms with van der Waals surface area (Å²) in [6, 6.07) is 14.2. The van der Waals surface area contributed by atoms with E-state index in [0.717, 1.165) is 5.56 Å². The first-order chi connectivity index (χ1) is 16.0. The van der Waals surface area contributed by atoms with Gasteiger partial charge in [-0.05, 0) is 54.4 Å². The molecule has 10 nitrogen and oxygen atoms in total. The Kier molecular flexibility index (Phi) is 5.65. The molecule has 0 spiro atoms. The fraction of sp³-hybridized carbons (Fsp3) is 0.273. The Labute approximate surface area is 191 Å². The average molecular weight is 466 g/mol. The van der Waals surface area contributed by atoms with Crippen molar-refractivity contribution < 1.29 is 13.2 Å². The van der Waals surface area contributed by atoms with Gasteiger partial charge in [-0.15, -0.1) is 10.2 Å². The lowest BCUT2D eigenvalue weighted by Gasteiger charge is -2.34. The quantitative estimate of drug-likeness (QED) is 0.587. The minimum Gasteiger partial charge on any atom is -0.352 e. The van der Waals surface area contributed by atoms with Gasteiger partial charge in [0.15, 0.2) is 11.6 Å². The number of hydrogen-bond donors (Lipinski definition) is 2. The third kappa shape index (κ3) is 4.50. The number of carbonyl (C=O) groups excluding carboxylic acids is 1. The molecule has 0 aliphatic carbocycles. The molecule has 3 aromatic rings. The maximum absolute atomic E-state index is 13.2. The number of sulfonamides is 1. The van der Waals surface area contributed by atoms with E-state index in [1.165, 1.54) is 4.31 Å². The molecule has 2 aliphatic rings. The van der Waals surface area contributed by atoms with Crippen molar-refractivity contribution in [3.8, 4) is 0 Å². The molecule has 2 aliphatic heterocycles. The molecule has 1 fully saturated rings. The van der Waals surface area contributed by atoms with E-state index in [4.69, 9.17) is 0 Å². The summed E-state index contributed by atoms with van der Waals surface area (Å²) in [4.78, 5) is 18.0. The van der Waals surface area contributed by atoms with Crippen LogP contribution in [0.4, 0.5) is 23.1 Å². The molecule has 0 saturated carbocycles. The Balaban J connectivity index is 1.23. The lowest BCUT2D eigenvalue weighted by Crippen LogP contribution is -2.49. The van der Waals surface area contributed by atoms with Crippen molar-refractivity contribution in [1.82, 2.24) is 19.5 Å². The maximum atomic E-state index is 13.2. The van der Waals surface area contributed by atoms with Crippen molar-refractivity contribution in [1.29, 1.82) is 0 Å². The second-order valence-electron chi connectivity index (χ2n) is 7.88. The molecule has 2 N–H and O–H groups in total. The standard InChI is InChI=1S/C22H23N7O3S/c30-22-9-4-16-15-17(5-6-18(16)24-22)33(31,32)29-13-11-28(12-14-29)21-8-7-20(26-27-21)25-19-3-1-2-10-23-19/h1-3,5-8,10,15H,4,9,11-14H2,(H,24,30)(H,23,25,26). The second-order valence-corrected chi connectivity index (χ2v) is 9.81. The van der Waals surface area contributed by atoms with Crippen LogP contribution in [0, 0.1) is 0 Å². The molecule has 1 saturated heterocycles. The van der Waals surface area contributed by atoms with Crippen molar-refractivity contribution in [2.45, 2.75) is 17.7 Å². The Morgan fingerprint density at radius 1 is 0.909 bits per heavy atom. The van der Waals surface area contributed by atoms with Crippen LogP contribution in [0.3, 0.4) is 0 Å². The summed E-state index contributed by atoms with van der Waals surface area (Å²) in [6.45, 7) is 1.74. The Hall–Kier alpha value is -3.57. The van der Waals surface area contributed by atoms with Crippen LogP contribution < -0.4 is 15.5 Å². The van der Waals surface area contributed by atoms with E-state index in [1.54, 1.807) is 24.4 Å². The molecular formula is C22H23N7O3S. The monoisotopic (exact) mass is 465 g/mol. The van der Waals surface area contributed by atoms with Crippen LogP contribution in [0.15, 0.2) is 59.6 Å². The summed E-state index contributed by atoms with van der Waals surface area (Å²) in [7, 11) is -3.61. The van der Waals surface area contributed by atoms with Gasteiger partial charge < -0.3 is 15.5 Å². The minimum atomic E-state index is -3.61. The summed E-state index contributed by atoms with van der Waals surface area (Å²) in [5.41, 5.74) is 1.54. The largest absolute Gasteiger partial charge is 0.352 e. The molecule has 0 atom stereocenters. The third-order valence-corrected chi connectivity index (χ3v) is 7.64. The molecule has 2 aromatic heterocycles.